The van der Waals surface area contributed by atoms with Gasteiger partial charge in [0.1, 0.15) is 5.60 Å². The maximum absolute atomic E-state index is 14.4. The highest BCUT2D eigenvalue weighted by molar-refractivity contribution is 5.91. The molecule has 0 saturated carbocycles. The SMILES string of the molecule is CC(C)(C)OC(=O)c1cccc(N(Cc2cccnc2)c2ccc(OC(F)F)c(F)c2)c1. The molecular weight excluding hydrogens is 421 g/mol. The molecule has 0 aliphatic rings. The van der Waals surface area contributed by atoms with E-state index in [1.807, 2.05) is 6.07 Å². The Bertz CT molecular complexity index is 1070. The molecule has 0 atom stereocenters. The van der Waals surface area contributed by atoms with Crippen molar-refractivity contribution in [2.75, 3.05) is 4.90 Å². The van der Waals surface area contributed by atoms with Crippen LogP contribution in [0.15, 0.2) is 67.0 Å². The van der Waals surface area contributed by atoms with E-state index in [2.05, 4.69) is 9.72 Å². The molecule has 168 valence electrons. The Kier molecular flexibility index (Phi) is 7.02. The molecule has 0 aliphatic heterocycles. The van der Waals surface area contributed by atoms with Crippen molar-refractivity contribution in [3.05, 3.63) is 83.9 Å². The third kappa shape index (κ3) is 6.23. The second-order valence-corrected chi connectivity index (χ2v) is 7.99. The summed E-state index contributed by atoms with van der Waals surface area (Å²) >= 11 is 0. The van der Waals surface area contributed by atoms with Gasteiger partial charge in [-0.2, -0.15) is 8.78 Å². The van der Waals surface area contributed by atoms with Crippen molar-refractivity contribution in [2.45, 2.75) is 39.5 Å². The highest BCUT2D eigenvalue weighted by atomic mass is 19.3. The number of carbonyl (C=O) groups excluding carboxylic acids is 1. The largest absolute Gasteiger partial charge is 0.456 e. The highest BCUT2D eigenvalue weighted by Crippen LogP contribution is 2.32. The number of esters is 1. The van der Waals surface area contributed by atoms with E-state index in [0.717, 1.165) is 17.7 Å². The van der Waals surface area contributed by atoms with Crippen molar-refractivity contribution < 1.29 is 27.4 Å². The molecule has 5 nitrogen and oxygen atoms in total. The van der Waals surface area contributed by atoms with Crippen molar-refractivity contribution in [3.63, 3.8) is 0 Å². The lowest BCUT2D eigenvalue weighted by Crippen LogP contribution is -2.24. The Morgan fingerprint density at radius 2 is 1.81 bits per heavy atom. The van der Waals surface area contributed by atoms with Crippen LogP contribution in [0.4, 0.5) is 24.5 Å². The smallest absolute Gasteiger partial charge is 0.387 e. The molecule has 3 aromatic rings. The van der Waals surface area contributed by atoms with Crippen LogP contribution >= 0.6 is 0 Å². The average molecular weight is 444 g/mol. The summed E-state index contributed by atoms with van der Waals surface area (Å²) in [4.78, 5) is 18.4. The van der Waals surface area contributed by atoms with Gasteiger partial charge in [-0.3, -0.25) is 4.98 Å². The molecule has 32 heavy (non-hydrogen) atoms. The third-order valence-electron chi connectivity index (χ3n) is 4.30. The van der Waals surface area contributed by atoms with E-state index in [0.29, 0.717) is 23.5 Å². The van der Waals surface area contributed by atoms with Crippen LogP contribution < -0.4 is 9.64 Å². The Morgan fingerprint density at radius 1 is 1.06 bits per heavy atom. The maximum atomic E-state index is 14.4. The fourth-order valence-electron chi connectivity index (χ4n) is 2.99. The van der Waals surface area contributed by atoms with Crippen LogP contribution in [0.1, 0.15) is 36.7 Å². The van der Waals surface area contributed by atoms with Crippen molar-refractivity contribution >= 4 is 17.3 Å². The number of rotatable bonds is 7. The molecule has 1 aromatic heterocycles. The molecule has 0 amide bonds. The first-order valence-corrected chi connectivity index (χ1v) is 9.86. The Morgan fingerprint density at radius 3 is 2.44 bits per heavy atom. The van der Waals surface area contributed by atoms with E-state index < -0.39 is 29.7 Å². The normalized spacial score (nSPS) is 11.3. The first-order valence-electron chi connectivity index (χ1n) is 9.86. The first kappa shape index (κ1) is 23.1. The summed E-state index contributed by atoms with van der Waals surface area (Å²) in [5.41, 5.74) is 1.45. The first-order chi connectivity index (χ1) is 15.1. The molecule has 0 N–H and O–H groups in total. The number of benzene rings is 2. The van der Waals surface area contributed by atoms with Crippen LogP contribution in [0.5, 0.6) is 5.75 Å². The summed E-state index contributed by atoms with van der Waals surface area (Å²) in [6.07, 6.45) is 3.29. The molecule has 0 unspecified atom stereocenters. The predicted octanol–water partition coefficient (Wildman–Crippen LogP) is 6.12. The molecular formula is C24H23F3N2O3. The Hall–Kier alpha value is -3.55. The number of anilines is 2. The van der Waals surface area contributed by atoms with E-state index in [1.54, 1.807) is 68.4 Å². The van der Waals surface area contributed by atoms with Crippen LogP contribution in [0.2, 0.25) is 0 Å². The number of pyridine rings is 1. The van der Waals surface area contributed by atoms with E-state index in [1.165, 1.54) is 6.07 Å². The van der Waals surface area contributed by atoms with E-state index in [-0.39, 0.29) is 0 Å². The number of hydrogen-bond donors (Lipinski definition) is 0. The molecule has 3 rings (SSSR count). The van der Waals surface area contributed by atoms with E-state index in [4.69, 9.17) is 4.74 Å². The number of halogens is 3. The number of hydrogen-bond acceptors (Lipinski definition) is 5. The number of carbonyl (C=O) groups is 1. The quantitative estimate of drug-likeness (QED) is 0.411. The molecule has 0 spiro atoms. The molecule has 2 aromatic carbocycles. The van der Waals surface area contributed by atoms with Crippen LogP contribution in [0.25, 0.3) is 0 Å². The zero-order valence-corrected chi connectivity index (χ0v) is 17.9. The van der Waals surface area contributed by atoms with Gasteiger partial charge < -0.3 is 14.4 Å². The highest BCUT2D eigenvalue weighted by Gasteiger charge is 2.20. The summed E-state index contributed by atoms with van der Waals surface area (Å²) in [5.74, 6) is -1.97. The van der Waals surface area contributed by atoms with Gasteiger partial charge in [0.2, 0.25) is 0 Å². The number of ether oxygens (including phenoxy) is 2. The predicted molar refractivity (Wildman–Crippen MR) is 115 cm³/mol. The van der Waals surface area contributed by atoms with Crippen molar-refractivity contribution in [2.24, 2.45) is 0 Å². The van der Waals surface area contributed by atoms with Gasteiger partial charge in [-0.05, 0) is 62.7 Å². The minimum Gasteiger partial charge on any atom is -0.456 e. The summed E-state index contributed by atoms with van der Waals surface area (Å²) in [5, 5.41) is 0. The molecule has 0 aliphatic carbocycles. The maximum Gasteiger partial charge on any atom is 0.387 e. The van der Waals surface area contributed by atoms with Gasteiger partial charge >= 0.3 is 12.6 Å². The van der Waals surface area contributed by atoms with Gasteiger partial charge in [0.15, 0.2) is 11.6 Å². The van der Waals surface area contributed by atoms with Gasteiger partial charge in [0.25, 0.3) is 0 Å². The zero-order chi connectivity index (χ0) is 23.3. The fraction of sp³-hybridized carbons (Fsp3) is 0.250. The molecule has 8 heteroatoms. The van der Waals surface area contributed by atoms with Crippen LogP contribution in [0.3, 0.4) is 0 Å². The standard InChI is InChI=1S/C24H23F3N2O3/c1-24(2,3)32-22(30)17-7-4-8-18(12-17)29(15-16-6-5-11-28-14-16)19-9-10-21(20(25)13-19)31-23(26)27/h4-14,23H,15H2,1-3H3. The lowest BCUT2D eigenvalue weighted by Gasteiger charge is -2.26. The van der Waals surface area contributed by atoms with Gasteiger partial charge in [-0.25, -0.2) is 9.18 Å². The minimum absolute atomic E-state index is 0.292. The van der Waals surface area contributed by atoms with Gasteiger partial charge in [0.05, 0.1) is 5.56 Å². The lowest BCUT2D eigenvalue weighted by molar-refractivity contribution is -0.0521. The monoisotopic (exact) mass is 444 g/mol. The van der Waals surface area contributed by atoms with Crippen molar-refractivity contribution in [1.82, 2.24) is 4.98 Å². The molecule has 1 heterocycles. The van der Waals surface area contributed by atoms with E-state index in [9.17, 15) is 18.0 Å². The second kappa shape index (κ2) is 9.72. The Balaban J connectivity index is 2.00. The number of alkyl halides is 2. The minimum atomic E-state index is -3.13. The molecule has 0 bridgehead atoms. The molecule has 0 radical (unpaired) electrons. The topological polar surface area (TPSA) is 51.7 Å². The lowest BCUT2D eigenvalue weighted by atomic mass is 10.1. The Labute approximate surface area is 184 Å². The van der Waals surface area contributed by atoms with Crippen molar-refractivity contribution in [1.29, 1.82) is 0 Å². The molecule has 0 fully saturated rings. The van der Waals surface area contributed by atoms with Crippen LogP contribution in [0, 0.1) is 5.82 Å². The van der Waals surface area contributed by atoms with Gasteiger partial charge in [-0.15, -0.1) is 0 Å². The number of aromatic nitrogens is 1. The van der Waals surface area contributed by atoms with E-state index >= 15 is 0 Å². The van der Waals surface area contributed by atoms with Gasteiger partial charge in [0, 0.05) is 36.4 Å². The zero-order valence-electron chi connectivity index (χ0n) is 17.9. The van der Waals surface area contributed by atoms with Gasteiger partial charge in [-0.1, -0.05) is 12.1 Å². The average Bonchev–Trinajstić information content (AvgIpc) is 2.73. The summed E-state index contributed by atoms with van der Waals surface area (Å²) in [6.45, 7) is 2.48. The summed E-state index contributed by atoms with van der Waals surface area (Å²) in [7, 11) is 0. The number of nitrogens with zero attached hydrogens (tertiary/aromatic N) is 2. The second-order valence-electron chi connectivity index (χ2n) is 7.99. The van der Waals surface area contributed by atoms with Crippen molar-refractivity contribution in [3.8, 4) is 5.75 Å². The van der Waals surface area contributed by atoms with Crippen LogP contribution in [-0.4, -0.2) is 23.2 Å². The molecule has 0 saturated heterocycles. The third-order valence-corrected chi connectivity index (χ3v) is 4.30. The fourth-order valence-corrected chi connectivity index (χ4v) is 2.99. The summed E-state index contributed by atoms with van der Waals surface area (Å²) in [6, 6.07) is 14.0. The van der Waals surface area contributed by atoms with Crippen LogP contribution in [-0.2, 0) is 11.3 Å². The summed E-state index contributed by atoms with van der Waals surface area (Å²) < 4.78 is 49.1.